The Hall–Kier alpha value is -2.41. The molecular formula is C26H30O7. The van der Waals surface area contributed by atoms with Crippen LogP contribution in [-0.4, -0.2) is 35.0 Å². The maximum Gasteiger partial charge on any atom is 0.339 e. The minimum atomic E-state index is -0.958. The molecule has 1 aromatic heterocycles. The molecule has 6 unspecified atom stereocenters. The highest BCUT2D eigenvalue weighted by molar-refractivity contribution is 5.93. The summed E-state index contributed by atoms with van der Waals surface area (Å²) in [5.41, 5.74) is -2.94. The average molecular weight is 455 g/mol. The molecule has 0 amide bonds. The lowest BCUT2D eigenvalue weighted by molar-refractivity contribution is -0.215. The minimum Gasteiger partial charge on any atom is -0.472 e. The Bertz CT molecular complexity index is 1100. The van der Waals surface area contributed by atoms with Crippen LogP contribution < -0.4 is 0 Å². The van der Waals surface area contributed by atoms with Crippen molar-refractivity contribution in [3.8, 4) is 0 Å². The maximum atomic E-state index is 14.1. The van der Waals surface area contributed by atoms with E-state index in [1.807, 2.05) is 32.9 Å². The second kappa shape index (κ2) is 5.98. The van der Waals surface area contributed by atoms with E-state index in [1.54, 1.807) is 12.5 Å². The van der Waals surface area contributed by atoms with Crippen LogP contribution in [-0.2, 0) is 28.6 Å². The van der Waals surface area contributed by atoms with Crippen molar-refractivity contribution in [1.82, 2.24) is 0 Å². The van der Waals surface area contributed by atoms with Gasteiger partial charge in [0.2, 0.25) is 0 Å². The van der Waals surface area contributed by atoms with Gasteiger partial charge in [0.1, 0.15) is 23.1 Å². The molecule has 2 saturated heterocycles. The van der Waals surface area contributed by atoms with Gasteiger partial charge in [-0.3, -0.25) is 4.79 Å². The summed E-state index contributed by atoms with van der Waals surface area (Å²) >= 11 is 0. The highest BCUT2D eigenvalue weighted by atomic mass is 16.7. The summed E-state index contributed by atoms with van der Waals surface area (Å²) in [4.78, 5) is 39.6. The minimum absolute atomic E-state index is 0.0727. The first kappa shape index (κ1) is 21.1. The molecule has 1 spiro atoms. The molecule has 0 radical (unpaired) electrons. The number of hydrogen-bond acceptors (Lipinski definition) is 7. The van der Waals surface area contributed by atoms with Crippen molar-refractivity contribution < 1.29 is 33.0 Å². The Labute approximate surface area is 192 Å². The van der Waals surface area contributed by atoms with Crippen molar-refractivity contribution in [2.75, 3.05) is 0 Å². The normalized spacial score (nSPS) is 49.5. The van der Waals surface area contributed by atoms with E-state index in [1.165, 1.54) is 6.08 Å². The van der Waals surface area contributed by atoms with Crippen molar-refractivity contribution in [2.45, 2.75) is 77.3 Å². The van der Waals surface area contributed by atoms with Crippen LogP contribution in [0.2, 0.25) is 0 Å². The Balaban J connectivity index is 1.53. The standard InChI is InChI=1S/C26H30O7/c1-22(2)16-12-17(27)25(5)15(23(16,3)9-7-18(28)32-22)6-10-24(4)19(14-8-11-30-13-14)31-21(29)20-26(24,25)33-20/h7-9,11,13,15-16,19-20H,6,10,12H2,1-5H3/t15?,16?,19-,20?,23?,24-,25?,26?/m0/s1. The molecule has 0 aromatic carbocycles. The zero-order chi connectivity index (χ0) is 23.6. The van der Waals surface area contributed by atoms with Gasteiger partial charge >= 0.3 is 11.9 Å². The van der Waals surface area contributed by atoms with Gasteiger partial charge in [0.05, 0.1) is 17.9 Å². The van der Waals surface area contributed by atoms with Gasteiger partial charge in [-0.25, -0.2) is 9.59 Å². The molecule has 176 valence electrons. The molecule has 4 fully saturated rings. The molecule has 33 heavy (non-hydrogen) atoms. The first-order valence-electron chi connectivity index (χ1n) is 11.8. The van der Waals surface area contributed by atoms with Gasteiger partial charge in [0, 0.05) is 29.4 Å². The van der Waals surface area contributed by atoms with E-state index < -0.39 is 45.6 Å². The van der Waals surface area contributed by atoms with Crippen LogP contribution in [0.15, 0.2) is 35.2 Å². The molecule has 1 aromatic rings. The largest absolute Gasteiger partial charge is 0.472 e. The molecule has 7 nitrogen and oxygen atoms in total. The second-order valence-corrected chi connectivity index (χ2v) is 11.7. The van der Waals surface area contributed by atoms with Gasteiger partial charge in [-0.2, -0.15) is 0 Å². The Morgan fingerprint density at radius 3 is 2.45 bits per heavy atom. The number of cyclic esters (lactones) is 2. The third kappa shape index (κ3) is 2.23. The van der Waals surface area contributed by atoms with E-state index in [0.717, 1.165) is 12.0 Å². The molecule has 0 bridgehead atoms. The average Bonchev–Trinajstić information content (AvgIpc) is 3.33. The monoisotopic (exact) mass is 454 g/mol. The number of ether oxygens (including phenoxy) is 3. The first-order valence-corrected chi connectivity index (χ1v) is 11.8. The van der Waals surface area contributed by atoms with Crippen LogP contribution in [0.25, 0.3) is 0 Å². The van der Waals surface area contributed by atoms with Crippen LogP contribution in [0, 0.1) is 28.1 Å². The molecule has 3 aliphatic heterocycles. The van der Waals surface area contributed by atoms with E-state index in [4.69, 9.17) is 18.6 Å². The molecule has 5 aliphatic rings. The van der Waals surface area contributed by atoms with Gasteiger partial charge in [-0.1, -0.05) is 19.9 Å². The fraction of sp³-hybridized carbons (Fsp3) is 0.654. The number of rotatable bonds is 1. The first-order chi connectivity index (χ1) is 15.4. The summed E-state index contributed by atoms with van der Waals surface area (Å²) in [7, 11) is 0. The quantitative estimate of drug-likeness (QED) is 0.469. The number of carbonyl (C=O) groups excluding carboxylic acids is 3. The number of allylic oxidation sites excluding steroid dienone is 1. The number of ketones is 1. The van der Waals surface area contributed by atoms with E-state index in [9.17, 15) is 14.4 Å². The Morgan fingerprint density at radius 2 is 1.76 bits per heavy atom. The van der Waals surface area contributed by atoms with Gasteiger partial charge in [0.25, 0.3) is 0 Å². The zero-order valence-electron chi connectivity index (χ0n) is 19.7. The van der Waals surface area contributed by atoms with Crippen molar-refractivity contribution in [2.24, 2.45) is 28.1 Å². The lowest BCUT2D eigenvalue weighted by atomic mass is 9.37. The lowest BCUT2D eigenvalue weighted by Crippen LogP contribution is -2.71. The van der Waals surface area contributed by atoms with Crippen molar-refractivity contribution in [3.05, 3.63) is 36.3 Å². The smallest absolute Gasteiger partial charge is 0.339 e. The molecule has 8 atom stereocenters. The number of Topliss-reactive ketones (excluding diaryl/α,β-unsaturated/α-hetero) is 1. The third-order valence-electron chi connectivity index (χ3n) is 10.0. The van der Waals surface area contributed by atoms with Crippen LogP contribution in [0.3, 0.4) is 0 Å². The lowest BCUT2D eigenvalue weighted by Gasteiger charge is -2.64. The number of epoxide rings is 1. The second-order valence-electron chi connectivity index (χ2n) is 11.7. The van der Waals surface area contributed by atoms with E-state index in [0.29, 0.717) is 6.42 Å². The number of esters is 2. The van der Waals surface area contributed by atoms with Crippen LogP contribution >= 0.6 is 0 Å². The molecule has 4 heterocycles. The highest BCUT2D eigenvalue weighted by Gasteiger charge is 2.88. The van der Waals surface area contributed by atoms with Crippen molar-refractivity contribution in [3.63, 3.8) is 0 Å². The maximum absolute atomic E-state index is 14.1. The summed E-state index contributed by atoms with van der Waals surface area (Å²) in [6, 6.07) is 1.81. The highest BCUT2D eigenvalue weighted by Crippen LogP contribution is 2.78. The molecular weight excluding hydrogens is 424 g/mol. The fourth-order valence-electron chi connectivity index (χ4n) is 8.49. The van der Waals surface area contributed by atoms with Gasteiger partial charge in [-0.05, 0) is 51.0 Å². The van der Waals surface area contributed by atoms with Crippen molar-refractivity contribution >= 4 is 17.7 Å². The molecule has 7 heteroatoms. The topological polar surface area (TPSA) is 95.3 Å². The van der Waals surface area contributed by atoms with Crippen LogP contribution in [0.4, 0.5) is 0 Å². The van der Waals surface area contributed by atoms with Crippen molar-refractivity contribution in [1.29, 1.82) is 0 Å². The Morgan fingerprint density at radius 1 is 1.00 bits per heavy atom. The predicted octanol–water partition coefficient (Wildman–Crippen LogP) is 3.92. The molecule has 2 aliphatic carbocycles. The number of hydrogen-bond donors (Lipinski definition) is 0. The van der Waals surface area contributed by atoms with Gasteiger partial charge < -0.3 is 18.6 Å². The fourth-order valence-corrected chi connectivity index (χ4v) is 8.49. The summed E-state index contributed by atoms with van der Waals surface area (Å²) < 4.78 is 23.3. The summed E-state index contributed by atoms with van der Waals surface area (Å²) in [6.45, 7) is 9.99. The third-order valence-corrected chi connectivity index (χ3v) is 10.0. The molecule has 2 saturated carbocycles. The SMILES string of the molecule is CC1(C)OC(=O)C=CC2(C)C1CC(=O)C1(C)C2CC[C@@]2(C)[C@H](c3ccoc3)OC(=O)C3OC312. The molecule has 0 N–H and O–H groups in total. The Kier molecular flexibility index (Phi) is 3.83. The number of carbonyl (C=O) groups is 3. The molecule has 6 rings (SSSR count). The van der Waals surface area contributed by atoms with E-state index >= 15 is 0 Å². The summed E-state index contributed by atoms with van der Waals surface area (Å²) in [5, 5.41) is 0. The van der Waals surface area contributed by atoms with E-state index in [-0.39, 0.29) is 30.0 Å². The summed E-state index contributed by atoms with van der Waals surface area (Å²) in [5.74, 6) is -1.02. The summed E-state index contributed by atoms with van der Waals surface area (Å²) in [6.07, 6.45) is 7.04. The van der Waals surface area contributed by atoms with E-state index in [2.05, 4.69) is 13.8 Å². The van der Waals surface area contributed by atoms with Gasteiger partial charge in [-0.15, -0.1) is 0 Å². The van der Waals surface area contributed by atoms with Crippen LogP contribution in [0.1, 0.15) is 65.5 Å². The van der Waals surface area contributed by atoms with Gasteiger partial charge in [0.15, 0.2) is 6.10 Å². The number of fused-ring (bicyclic) bond motifs is 3. The zero-order valence-corrected chi connectivity index (χ0v) is 19.7. The van der Waals surface area contributed by atoms with Crippen LogP contribution in [0.5, 0.6) is 0 Å². The predicted molar refractivity (Wildman–Crippen MR) is 115 cm³/mol. The number of furan rings is 1.